The monoisotopic (exact) mass is 421 g/mol. The Labute approximate surface area is 163 Å². The molecule has 0 saturated carbocycles. The van der Waals surface area contributed by atoms with Crippen molar-refractivity contribution in [3.63, 3.8) is 0 Å². The number of aromatic nitrogens is 2. The highest BCUT2D eigenvalue weighted by Gasteiger charge is 2.12. The van der Waals surface area contributed by atoms with E-state index in [0.717, 1.165) is 15.6 Å². The predicted molar refractivity (Wildman–Crippen MR) is 106 cm³/mol. The maximum atomic E-state index is 13.4. The van der Waals surface area contributed by atoms with E-state index in [-0.39, 0.29) is 5.82 Å². The van der Waals surface area contributed by atoms with Crippen LogP contribution in [0.2, 0.25) is 0 Å². The van der Waals surface area contributed by atoms with Gasteiger partial charge in [-0.05, 0) is 55.0 Å². The van der Waals surface area contributed by atoms with Crippen molar-refractivity contribution in [2.75, 3.05) is 0 Å². The highest BCUT2D eigenvalue weighted by atomic mass is 79.9. The second kappa shape index (κ2) is 6.86. The van der Waals surface area contributed by atoms with Crippen molar-refractivity contribution in [3.05, 3.63) is 76.0 Å². The summed E-state index contributed by atoms with van der Waals surface area (Å²) in [6.45, 7) is 2.02. The normalized spacial score (nSPS) is 11.7. The van der Waals surface area contributed by atoms with Gasteiger partial charge in [0, 0.05) is 16.1 Å². The van der Waals surface area contributed by atoms with E-state index in [1.165, 1.54) is 12.1 Å². The molecule has 4 nitrogen and oxygen atoms in total. The highest BCUT2D eigenvalue weighted by Crippen LogP contribution is 2.31. The number of fused-ring (bicyclic) bond motifs is 1. The van der Waals surface area contributed by atoms with Crippen LogP contribution in [0.15, 0.2) is 57.4 Å². The molecular weight excluding hydrogens is 409 g/mol. The van der Waals surface area contributed by atoms with Crippen molar-refractivity contribution in [2.45, 2.75) is 6.92 Å². The van der Waals surface area contributed by atoms with Gasteiger partial charge in [-0.2, -0.15) is 5.26 Å². The van der Waals surface area contributed by atoms with Gasteiger partial charge in [-0.3, -0.25) is 0 Å². The van der Waals surface area contributed by atoms with Crippen LogP contribution in [0.4, 0.5) is 4.39 Å². The summed E-state index contributed by atoms with van der Waals surface area (Å²) in [6, 6.07) is 16.0. The van der Waals surface area contributed by atoms with Crippen LogP contribution in [0.5, 0.6) is 0 Å². The minimum atomic E-state index is -0.362. The number of hydrogen-bond donors (Lipinski definition) is 1. The van der Waals surface area contributed by atoms with Crippen LogP contribution in [0, 0.1) is 24.1 Å². The van der Waals surface area contributed by atoms with Gasteiger partial charge in [0.2, 0.25) is 0 Å². The smallest absolute Gasteiger partial charge is 0.149 e. The number of furan rings is 1. The third-order valence-corrected chi connectivity index (χ3v) is 4.78. The van der Waals surface area contributed by atoms with Crippen molar-refractivity contribution in [2.24, 2.45) is 0 Å². The molecule has 2 heterocycles. The number of H-pyrrole nitrogens is 1. The fourth-order valence-electron chi connectivity index (χ4n) is 2.80. The SMILES string of the molecule is Cc1ccc(-c2ccc(/C=C(\C#N)c3nc4ccc(F)cc4[nH]3)o2)c(Br)c1. The van der Waals surface area contributed by atoms with Crippen LogP contribution >= 0.6 is 15.9 Å². The molecule has 0 bridgehead atoms. The molecule has 0 radical (unpaired) electrons. The lowest BCUT2D eigenvalue weighted by Crippen LogP contribution is -1.84. The molecule has 0 fully saturated rings. The van der Waals surface area contributed by atoms with Crippen molar-refractivity contribution < 1.29 is 8.81 Å². The summed E-state index contributed by atoms with van der Waals surface area (Å²) in [7, 11) is 0. The highest BCUT2D eigenvalue weighted by molar-refractivity contribution is 9.10. The minimum absolute atomic E-state index is 0.301. The molecule has 1 N–H and O–H groups in total. The minimum Gasteiger partial charge on any atom is -0.457 e. The standard InChI is InChI=1S/C21H13BrFN3O/c1-12-2-5-16(17(22)8-12)20-7-4-15(27-20)9-13(11-24)21-25-18-6-3-14(23)10-19(18)26-21/h2-10H,1H3,(H,25,26)/b13-9+. The lowest BCUT2D eigenvalue weighted by Gasteiger charge is -2.02. The number of aromatic amines is 1. The molecule has 4 rings (SSSR count). The Bertz CT molecular complexity index is 1230. The third-order valence-electron chi connectivity index (χ3n) is 4.12. The van der Waals surface area contributed by atoms with E-state index >= 15 is 0 Å². The Hall–Kier alpha value is -3.17. The first-order valence-electron chi connectivity index (χ1n) is 8.17. The zero-order valence-electron chi connectivity index (χ0n) is 14.3. The van der Waals surface area contributed by atoms with Crippen molar-refractivity contribution in [1.82, 2.24) is 9.97 Å². The number of aryl methyl sites for hydroxylation is 1. The molecule has 132 valence electrons. The van der Waals surface area contributed by atoms with Gasteiger partial charge in [-0.15, -0.1) is 0 Å². The Kier molecular flexibility index (Phi) is 4.38. The lowest BCUT2D eigenvalue weighted by molar-refractivity contribution is 0.571. The van der Waals surface area contributed by atoms with E-state index in [0.29, 0.717) is 34.0 Å². The number of nitriles is 1. The van der Waals surface area contributed by atoms with Crippen LogP contribution in [0.1, 0.15) is 17.1 Å². The molecular formula is C21H13BrFN3O. The number of nitrogens with one attached hydrogen (secondary N) is 1. The first-order chi connectivity index (χ1) is 13.0. The fraction of sp³-hybridized carbons (Fsp3) is 0.0476. The first kappa shape index (κ1) is 17.3. The van der Waals surface area contributed by atoms with Crippen LogP contribution in [-0.4, -0.2) is 9.97 Å². The molecule has 0 aliphatic carbocycles. The van der Waals surface area contributed by atoms with Crippen LogP contribution in [-0.2, 0) is 0 Å². The maximum absolute atomic E-state index is 13.4. The van der Waals surface area contributed by atoms with E-state index in [4.69, 9.17) is 4.42 Å². The summed E-state index contributed by atoms with van der Waals surface area (Å²) in [6.07, 6.45) is 1.61. The van der Waals surface area contributed by atoms with E-state index in [1.54, 1.807) is 18.2 Å². The largest absolute Gasteiger partial charge is 0.457 e. The molecule has 4 aromatic rings. The van der Waals surface area contributed by atoms with E-state index in [2.05, 4.69) is 32.0 Å². The number of nitrogens with zero attached hydrogens (tertiary/aromatic N) is 2. The number of imidazole rings is 1. The van der Waals surface area contributed by atoms with E-state index in [1.807, 2.05) is 31.2 Å². The van der Waals surface area contributed by atoms with Gasteiger partial charge in [-0.1, -0.05) is 22.0 Å². The zero-order chi connectivity index (χ0) is 19.0. The molecule has 27 heavy (non-hydrogen) atoms. The van der Waals surface area contributed by atoms with Crippen LogP contribution in [0.25, 0.3) is 34.0 Å². The van der Waals surface area contributed by atoms with Crippen LogP contribution in [0.3, 0.4) is 0 Å². The molecule has 0 saturated heterocycles. The Morgan fingerprint density at radius 3 is 2.85 bits per heavy atom. The molecule has 0 aliphatic rings. The summed E-state index contributed by atoms with van der Waals surface area (Å²) < 4.78 is 20.2. The van der Waals surface area contributed by atoms with Crippen molar-refractivity contribution in [1.29, 1.82) is 5.26 Å². The summed E-state index contributed by atoms with van der Waals surface area (Å²) in [5.74, 6) is 1.23. The Morgan fingerprint density at radius 1 is 1.22 bits per heavy atom. The maximum Gasteiger partial charge on any atom is 0.149 e. The number of benzene rings is 2. The van der Waals surface area contributed by atoms with Gasteiger partial charge in [0.15, 0.2) is 0 Å². The lowest BCUT2D eigenvalue weighted by atomic mass is 10.1. The van der Waals surface area contributed by atoms with Crippen molar-refractivity contribution >= 4 is 38.6 Å². The second-order valence-corrected chi connectivity index (χ2v) is 6.96. The van der Waals surface area contributed by atoms with Gasteiger partial charge in [0.1, 0.15) is 29.2 Å². The van der Waals surface area contributed by atoms with Crippen LogP contribution < -0.4 is 0 Å². The molecule has 0 spiro atoms. The number of halogens is 2. The molecule has 2 aromatic carbocycles. The second-order valence-electron chi connectivity index (χ2n) is 6.10. The topological polar surface area (TPSA) is 65.6 Å². The van der Waals surface area contributed by atoms with E-state index < -0.39 is 0 Å². The Morgan fingerprint density at radius 2 is 2.07 bits per heavy atom. The average Bonchev–Trinajstić information content (AvgIpc) is 3.26. The summed E-state index contributed by atoms with van der Waals surface area (Å²) in [5.41, 5.74) is 3.50. The van der Waals surface area contributed by atoms with Gasteiger partial charge in [0.25, 0.3) is 0 Å². The molecule has 0 aliphatic heterocycles. The summed E-state index contributed by atoms with van der Waals surface area (Å²) in [4.78, 5) is 7.32. The number of allylic oxidation sites excluding steroid dienone is 1. The van der Waals surface area contributed by atoms with E-state index in [9.17, 15) is 9.65 Å². The van der Waals surface area contributed by atoms with Gasteiger partial charge in [-0.25, -0.2) is 9.37 Å². The van der Waals surface area contributed by atoms with Gasteiger partial charge < -0.3 is 9.40 Å². The summed E-state index contributed by atoms with van der Waals surface area (Å²) >= 11 is 3.55. The van der Waals surface area contributed by atoms with Gasteiger partial charge in [0.05, 0.1) is 16.6 Å². The third kappa shape index (κ3) is 3.42. The van der Waals surface area contributed by atoms with Crippen molar-refractivity contribution in [3.8, 4) is 17.4 Å². The molecule has 2 aromatic heterocycles. The quantitative estimate of drug-likeness (QED) is 0.406. The van der Waals surface area contributed by atoms with Gasteiger partial charge >= 0.3 is 0 Å². The molecule has 0 atom stereocenters. The summed E-state index contributed by atoms with van der Waals surface area (Å²) in [5, 5.41) is 9.52. The number of hydrogen-bond acceptors (Lipinski definition) is 3. The fourth-order valence-corrected chi connectivity index (χ4v) is 3.49. The Balaban J connectivity index is 1.71. The first-order valence-corrected chi connectivity index (χ1v) is 8.96. The average molecular weight is 422 g/mol. The molecule has 6 heteroatoms. The molecule has 0 amide bonds. The number of rotatable bonds is 3. The predicted octanol–water partition coefficient (Wildman–Crippen LogP) is 6.10. The zero-order valence-corrected chi connectivity index (χ0v) is 15.8. The molecule has 0 unspecified atom stereocenters.